The Kier molecular flexibility index (Phi) is 4.25. The Hall–Kier alpha value is -2.21. The molecule has 0 spiro atoms. The number of hydrogen-bond acceptors (Lipinski definition) is 4. The third-order valence-electron chi connectivity index (χ3n) is 2.17. The third kappa shape index (κ3) is 3.89. The molecule has 0 atom stereocenters. The van der Waals surface area contributed by atoms with Crippen LogP contribution in [0.3, 0.4) is 0 Å². The molecule has 1 amide bonds. The van der Waals surface area contributed by atoms with E-state index in [1.54, 1.807) is 23.6 Å². The van der Waals surface area contributed by atoms with E-state index in [1.165, 1.54) is 29.5 Å². The van der Waals surface area contributed by atoms with Crippen LogP contribution < -0.4 is 5.32 Å². The molecule has 98 valence electrons. The van der Waals surface area contributed by atoms with Crippen LogP contribution in [0, 0.1) is 5.82 Å². The summed E-state index contributed by atoms with van der Waals surface area (Å²) in [5.41, 5.74) is 0.317. The Bertz CT molecular complexity index is 583. The first-order valence-electron chi connectivity index (χ1n) is 5.41. The lowest BCUT2D eigenvalue weighted by atomic mass is 10.3. The molecule has 0 saturated carbocycles. The van der Waals surface area contributed by atoms with Gasteiger partial charge >= 0.3 is 5.97 Å². The van der Waals surface area contributed by atoms with Gasteiger partial charge in [-0.3, -0.25) is 4.79 Å². The van der Waals surface area contributed by atoms with E-state index in [0.717, 1.165) is 0 Å². The minimum Gasteiger partial charge on any atom is -0.451 e. The second kappa shape index (κ2) is 6.10. The van der Waals surface area contributed by atoms with Crippen LogP contribution in [0.1, 0.15) is 9.67 Å². The first-order valence-corrected chi connectivity index (χ1v) is 6.29. The van der Waals surface area contributed by atoms with Crippen LogP contribution >= 0.6 is 11.3 Å². The Morgan fingerprint density at radius 3 is 2.79 bits per heavy atom. The molecule has 19 heavy (non-hydrogen) atoms. The van der Waals surface area contributed by atoms with Crippen LogP contribution in [-0.4, -0.2) is 18.5 Å². The minimum atomic E-state index is -0.551. The van der Waals surface area contributed by atoms with E-state index in [0.29, 0.717) is 10.6 Å². The van der Waals surface area contributed by atoms with Crippen LogP contribution in [0.2, 0.25) is 0 Å². The molecule has 0 unspecified atom stereocenters. The van der Waals surface area contributed by atoms with Gasteiger partial charge in [0, 0.05) is 5.69 Å². The molecule has 1 aromatic heterocycles. The average molecular weight is 279 g/mol. The van der Waals surface area contributed by atoms with E-state index in [9.17, 15) is 14.0 Å². The molecule has 0 aliphatic heterocycles. The molecular formula is C13H10FNO3S. The van der Waals surface area contributed by atoms with Crippen molar-refractivity contribution in [3.63, 3.8) is 0 Å². The first kappa shape index (κ1) is 13.2. The summed E-state index contributed by atoms with van der Waals surface area (Å²) in [4.78, 5) is 23.4. The number of amides is 1. The summed E-state index contributed by atoms with van der Waals surface area (Å²) in [7, 11) is 0. The van der Waals surface area contributed by atoms with E-state index >= 15 is 0 Å². The predicted octanol–water partition coefficient (Wildman–Crippen LogP) is 2.68. The highest BCUT2D eigenvalue weighted by molar-refractivity contribution is 7.11. The van der Waals surface area contributed by atoms with Gasteiger partial charge in [0.25, 0.3) is 5.91 Å². The van der Waals surface area contributed by atoms with E-state index in [1.807, 2.05) is 0 Å². The third-order valence-corrected chi connectivity index (χ3v) is 3.01. The van der Waals surface area contributed by atoms with Gasteiger partial charge in [-0.1, -0.05) is 12.1 Å². The van der Waals surface area contributed by atoms with Gasteiger partial charge in [-0.15, -0.1) is 11.3 Å². The molecule has 1 N–H and O–H groups in total. The standard InChI is InChI=1S/C13H10FNO3S/c14-9-3-1-4-10(7-9)15-12(16)8-18-13(17)11-5-2-6-19-11/h1-7H,8H2,(H,15,16). The zero-order chi connectivity index (χ0) is 13.7. The number of anilines is 1. The lowest BCUT2D eigenvalue weighted by molar-refractivity contribution is -0.119. The Labute approximate surface area is 112 Å². The van der Waals surface area contributed by atoms with Crippen LogP contribution in [0.25, 0.3) is 0 Å². The highest BCUT2D eigenvalue weighted by Crippen LogP contribution is 2.11. The van der Waals surface area contributed by atoms with Gasteiger partial charge in [-0.05, 0) is 29.6 Å². The van der Waals surface area contributed by atoms with E-state index in [-0.39, 0.29) is 0 Å². The van der Waals surface area contributed by atoms with Gasteiger partial charge in [-0.2, -0.15) is 0 Å². The van der Waals surface area contributed by atoms with Crippen molar-refractivity contribution < 1.29 is 18.7 Å². The molecule has 0 saturated heterocycles. The fraction of sp³-hybridized carbons (Fsp3) is 0.0769. The van der Waals surface area contributed by atoms with Crippen molar-refractivity contribution in [1.82, 2.24) is 0 Å². The van der Waals surface area contributed by atoms with Gasteiger partial charge in [0.2, 0.25) is 0 Å². The summed E-state index contributed by atoms with van der Waals surface area (Å²) < 4.78 is 17.7. The highest BCUT2D eigenvalue weighted by atomic mass is 32.1. The molecule has 2 rings (SSSR count). The van der Waals surface area contributed by atoms with Crippen molar-refractivity contribution >= 4 is 28.9 Å². The van der Waals surface area contributed by atoms with Crippen LogP contribution in [0.15, 0.2) is 41.8 Å². The molecular weight excluding hydrogens is 269 g/mol. The molecule has 1 aromatic carbocycles. The van der Waals surface area contributed by atoms with Gasteiger partial charge < -0.3 is 10.1 Å². The van der Waals surface area contributed by atoms with E-state index in [4.69, 9.17) is 4.74 Å². The minimum absolute atomic E-state index is 0.317. The number of ether oxygens (including phenoxy) is 1. The monoisotopic (exact) mass is 279 g/mol. The molecule has 4 nitrogen and oxygen atoms in total. The van der Waals surface area contributed by atoms with Crippen molar-refractivity contribution in [2.24, 2.45) is 0 Å². The van der Waals surface area contributed by atoms with Crippen molar-refractivity contribution in [3.05, 3.63) is 52.5 Å². The lowest BCUT2D eigenvalue weighted by Crippen LogP contribution is -2.20. The summed E-state index contributed by atoms with van der Waals surface area (Å²) in [5, 5.41) is 4.17. The number of thiophene rings is 1. The van der Waals surface area contributed by atoms with Gasteiger partial charge in [0.15, 0.2) is 6.61 Å². The maximum Gasteiger partial charge on any atom is 0.348 e. The van der Waals surface area contributed by atoms with E-state index < -0.39 is 24.3 Å². The molecule has 0 aliphatic carbocycles. The molecule has 1 heterocycles. The summed E-state index contributed by atoms with van der Waals surface area (Å²) in [6, 6.07) is 8.79. The second-order valence-electron chi connectivity index (χ2n) is 3.61. The predicted molar refractivity (Wildman–Crippen MR) is 69.6 cm³/mol. The molecule has 0 bridgehead atoms. The highest BCUT2D eigenvalue weighted by Gasteiger charge is 2.11. The maximum absolute atomic E-state index is 12.9. The van der Waals surface area contributed by atoms with Crippen LogP contribution in [0.5, 0.6) is 0 Å². The smallest absolute Gasteiger partial charge is 0.348 e. The number of carbonyl (C=O) groups excluding carboxylic acids is 2. The van der Waals surface area contributed by atoms with Crippen LogP contribution in [-0.2, 0) is 9.53 Å². The molecule has 0 aliphatic rings. The SMILES string of the molecule is O=C(COC(=O)c1cccs1)Nc1cccc(F)c1. The van der Waals surface area contributed by atoms with E-state index in [2.05, 4.69) is 5.32 Å². The summed E-state index contributed by atoms with van der Waals surface area (Å²) in [6.07, 6.45) is 0. The molecule has 2 aromatic rings. The van der Waals surface area contributed by atoms with Crippen molar-refractivity contribution in [2.45, 2.75) is 0 Å². The summed E-state index contributed by atoms with van der Waals surface area (Å²) in [6.45, 7) is -0.409. The molecule has 0 fully saturated rings. The summed E-state index contributed by atoms with van der Waals surface area (Å²) in [5.74, 6) is -1.52. The quantitative estimate of drug-likeness (QED) is 0.875. The first-order chi connectivity index (χ1) is 9.15. The zero-order valence-electron chi connectivity index (χ0n) is 9.76. The van der Waals surface area contributed by atoms with Crippen molar-refractivity contribution in [1.29, 1.82) is 0 Å². The largest absolute Gasteiger partial charge is 0.451 e. The average Bonchev–Trinajstić information content (AvgIpc) is 2.90. The number of carbonyl (C=O) groups is 2. The number of halogens is 1. The van der Waals surface area contributed by atoms with Crippen molar-refractivity contribution in [2.75, 3.05) is 11.9 Å². The van der Waals surface area contributed by atoms with Crippen LogP contribution in [0.4, 0.5) is 10.1 Å². The van der Waals surface area contributed by atoms with Gasteiger partial charge in [-0.25, -0.2) is 9.18 Å². The number of esters is 1. The Morgan fingerprint density at radius 2 is 2.11 bits per heavy atom. The number of hydrogen-bond donors (Lipinski definition) is 1. The Morgan fingerprint density at radius 1 is 1.26 bits per heavy atom. The molecule has 0 radical (unpaired) electrons. The van der Waals surface area contributed by atoms with Crippen molar-refractivity contribution in [3.8, 4) is 0 Å². The fourth-order valence-corrected chi connectivity index (χ4v) is 1.98. The molecule has 6 heteroatoms. The lowest BCUT2D eigenvalue weighted by Gasteiger charge is -2.05. The van der Waals surface area contributed by atoms with Gasteiger partial charge in [0.05, 0.1) is 0 Å². The topological polar surface area (TPSA) is 55.4 Å². The summed E-state index contributed by atoms with van der Waals surface area (Å²) >= 11 is 1.23. The normalized spacial score (nSPS) is 9.95. The number of rotatable bonds is 4. The second-order valence-corrected chi connectivity index (χ2v) is 4.56. The van der Waals surface area contributed by atoms with Gasteiger partial charge in [0.1, 0.15) is 10.7 Å². The zero-order valence-corrected chi connectivity index (χ0v) is 10.6. The Balaban J connectivity index is 1.83. The number of benzene rings is 1. The maximum atomic E-state index is 12.9. The number of nitrogens with one attached hydrogen (secondary N) is 1. The fourth-order valence-electron chi connectivity index (χ4n) is 1.36.